The van der Waals surface area contributed by atoms with Crippen molar-refractivity contribution in [1.29, 1.82) is 0 Å². The van der Waals surface area contributed by atoms with Crippen LogP contribution in [0, 0.1) is 0 Å². The van der Waals surface area contributed by atoms with Gasteiger partial charge < -0.3 is 15.5 Å². The molecule has 3 rings (SSSR count). The Morgan fingerprint density at radius 2 is 1.92 bits per heavy atom. The fraction of sp³-hybridized carbons (Fsp3) is 0.500. The van der Waals surface area contributed by atoms with Crippen LogP contribution in [0.4, 0.5) is 5.13 Å². The van der Waals surface area contributed by atoms with Gasteiger partial charge in [-0.2, -0.15) is 0 Å². The molecule has 1 aromatic carbocycles. The summed E-state index contributed by atoms with van der Waals surface area (Å²) >= 11 is 1.66. The van der Waals surface area contributed by atoms with Crippen molar-refractivity contribution in [1.82, 2.24) is 15.6 Å². The Hall–Kier alpha value is -2.08. The van der Waals surface area contributed by atoms with Gasteiger partial charge in [0.25, 0.3) is 0 Å². The topological polar surface area (TPSA) is 52.6 Å². The Balaban J connectivity index is 1.59. The summed E-state index contributed by atoms with van der Waals surface area (Å²) in [5.41, 5.74) is 2.70. The van der Waals surface area contributed by atoms with E-state index in [0.29, 0.717) is 6.54 Å². The Labute approximate surface area is 160 Å². The van der Waals surface area contributed by atoms with Crippen LogP contribution in [0.25, 0.3) is 0 Å². The van der Waals surface area contributed by atoms with Crippen LogP contribution in [0.1, 0.15) is 36.9 Å². The lowest BCUT2D eigenvalue weighted by atomic mass is 9.79. The van der Waals surface area contributed by atoms with Crippen LogP contribution >= 0.6 is 11.3 Å². The molecular weight excluding hydrogens is 342 g/mol. The smallest absolute Gasteiger partial charge is 0.191 e. The third-order valence-electron chi connectivity index (χ3n) is 5.12. The molecular formula is C20H29N5S. The zero-order valence-corrected chi connectivity index (χ0v) is 16.8. The third kappa shape index (κ3) is 4.36. The summed E-state index contributed by atoms with van der Waals surface area (Å²) in [6.07, 6.45) is 5.07. The van der Waals surface area contributed by atoms with Crippen molar-refractivity contribution in [2.45, 2.75) is 37.6 Å². The van der Waals surface area contributed by atoms with Crippen LogP contribution in [0.3, 0.4) is 0 Å². The second-order valence-corrected chi connectivity index (χ2v) is 7.99. The van der Waals surface area contributed by atoms with Crippen molar-refractivity contribution < 1.29 is 0 Å². The van der Waals surface area contributed by atoms with Crippen LogP contribution in [0.15, 0.2) is 40.7 Å². The average molecular weight is 372 g/mol. The third-order valence-corrected chi connectivity index (χ3v) is 6.18. The first kappa shape index (κ1) is 18.7. The molecule has 0 atom stereocenters. The molecule has 6 heteroatoms. The Morgan fingerprint density at radius 3 is 2.54 bits per heavy atom. The molecule has 0 bridgehead atoms. The molecule has 1 heterocycles. The highest BCUT2D eigenvalue weighted by Crippen LogP contribution is 2.40. The number of anilines is 1. The van der Waals surface area contributed by atoms with Gasteiger partial charge in [-0.15, -0.1) is 11.3 Å². The van der Waals surface area contributed by atoms with Crippen molar-refractivity contribution >= 4 is 22.4 Å². The molecule has 26 heavy (non-hydrogen) atoms. The lowest BCUT2D eigenvalue weighted by Crippen LogP contribution is -2.44. The van der Waals surface area contributed by atoms with Gasteiger partial charge in [-0.25, -0.2) is 4.98 Å². The summed E-state index contributed by atoms with van der Waals surface area (Å²) in [6, 6.07) is 10.9. The molecule has 1 aromatic heterocycles. The number of aliphatic imine (C=N–C) groups is 1. The number of nitrogens with zero attached hydrogens (tertiary/aromatic N) is 3. The molecule has 0 radical (unpaired) electrons. The van der Waals surface area contributed by atoms with Crippen LogP contribution in [0.2, 0.25) is 0 Å². The summed E-state index contributed by atoms with van der Waals surface area (Å²) in [5.74, 6) is 0.839. The molecule has 2 aromatic rings. The van der Waals surface area contributed by atoms with E-state index in [1.165, 1.54) is 31.2 Å². The molecule has 0 spiro atoms. The van der Waals surface area contributed by atoms with Crippen LogP contribution in [-0.2, 0) is 12.0 Å². The maximum atomic E-state index is 4.61. The summed E-state index contributed by atoms with van der Waals surface area (Å²) in [7, 11) is 5.85. The van der Waals surface area contributed by atoms with Gasteiger partial charge in [0.15, 0.2) is 11.1 Å². The quantitative estimate of drug-likeness (QED) is 0.604. The highest BCUT2D eigenvalue weighted by atomic mass is 32.1. The highest BCUT2D eigenvalue weighted by molar-refractivity contribution is 7.13. The minimum Gasteiger partial charge on any atom is -0.356 e. The molecule has 1 saturated carbocycles. The second kappa shape index (κ2) is 8.54. The van der Waals surface area contributed by atoms with E-state index >= 15 is 0 Å². The molecule has 1 aliphatic rings. The van der Waals surface area contributed by atoms with E-state index in [9.17, 15) is 0 Å². The largest absolute Gasteiger partial charge is 0.356 e. The van der Waals surface area contributed by atoms with E-state index in [2.05, 4.69) is 56.3 Å². The standard InChI is InChI=1S/C20H29N5S/c1-21-18(22-13-17-14-26-19(24-17)25(2)3)23-15-20(11-7-8-12-20)16-9-5-4-6-10-16/h4-6,9-10,14H,7-8,11-13,15H2,1-3H3,(H2,21,22,23). The summed E-state index contributed by atoms with van der Waals surface area (Å²) in [4.78, 5) is 11.0. The van der Waals surface area contributed by atoms with Crippen LogP contribution in [-0.4, -0.2) is 38.6 Å². The molecule has 0 saturated heterocycles. The van der Waals surface area contributed by atoms with Gasteiger partial charge in [-0.3, -0.25) is 4.99 Å². The molecule has 1 aliphatic carbocycles. The summed E-state index contributed by atoms with van der Waals surface area (Å²) < 4.78 is 0. The number of rotatable bonds is 6. The number of guanidine groups is 1. The van der Waals surface area contributed by atoms with Crippen molar-refractivity contribution in [3.8, 4) is 0 Å². The minimum atomic E-state index is 0.220. The van der Waals surface area contributed by atoms with Crippen molar-refractivity contribution in [2.24, 2.45) is 4.99 Å². The molecule has 1 fully saturated rings. The summed E-state index contributed by atoms with van der Waals surface area (Å²) in [6.45, 7) is 1.60. The van der Waals surface area contributed by atoms with Gasteiger partial charge in [-0.1, -0.05) is 43.2 Å². The maximum Gasteiger partial charge on any atom is 0.191 e. The fourth-order valence-corrected chi connectivity index (χ4v) is 4.40. The normalized spacial score (nSPS) is 16.5. The van der Waals surface area contributed by atoms with Gasteiger partial charge in [0.05, 0.1) is 12.2 Å². The predicted molar refractivity (Wildman–Crippen MR) is 111 cm³/mol. The second-order valence-electron chi connectivity index (χ2n) is 7.15. The van der Waals surface area contributed by atoms with Crippen molar-refractivity contribution in [2.75, 3.05) is 32.6 Å². The van der Waals surface area contributed by atoms with Gasteiger partial charge in [-0.05, 0) is 18.4 Å². The lowest BCUT2D eigenvalue weighted by Gasteiger charge is -2.30. The first-order valence-corrected chi connectivity index (χ1v) is 10.1. The molecule has 5 nitrogen and oxygen atoms in total. The summed E-state index contributed by atoms with van der Waals surface area (Å²) in [5, 5.41) is 10.1. The first-order valence-electron chi connectivity index (χ1n) is 9.25. The maximum absolute atomic E-state index is 4.61. The molecule has 0 aliphatic heterocycles. The van der Waals surface area contributed by atoms with E-state index in [1.54, 1.807) is 11.3 Å². The molecule has 0 unspecified atom stereocenters. The van der Waals surface area contributed by atoms with Gasteiger partial charge in [0.1, 0.15) is 0 Å². The number of benzene rings is 1. The fourth-order valence-electron chi connectivity index (χ4n) is 3.64. The van der Waals surface area contributed by atoms with Gasteiger partial charge in [0, 0.05) is 38.5 Å². The number of nitrogens with one attached hydrogen (secondary N) is 2. The minimum absolute atomic E-state index is 0.220. The molecule has 0 amide bonds. The van der Waals surface area contributed by atoms with Crippen molar-refractivity contribution in [3.05, 3.63) is 47.0 Å². The van der Waals surface area contributed by atoms with E-state index in [-0.39, 0.29) is 5.41 Å². The Kier molecular flexibility index (Phi) is 6.14. The molecule has 140 valence electrons. The Morgan fingerprint density at radius 1 is 1.19 bits per heavy atom. The number of hydrogen-bond donors (Lipinski definition) is 2. The number of hydrogen-bond acceptors (Lipinski definition) is 4. The SMILES string of the molecule is CN=C(NCc1csc(N(C)C)n1)NCC1(c2ccccc2)CCCC1. The first-order chi connectivity index (χ1) is 12.6. The van der Waals surface area contributed by atoms with E-state index in [4.69, 9.17) is 0 Å². The van der Waals surface area contributed by atoms with Gasteiger partial charge >= 0.3 is 0 Å². The number of thiazole rings is 1. The van der Waals surface area contributed by atoms with Gasteiger partial charge in [0.2, 0.25) is 0 Å². The number of aromatic nitrogens is 1. The van der Waals surface area contributed by atoms with Crippen LogP contribution in [0.5, 0.6) is 0 Å². The lowest BCUT2D eigenvalue weighted by molar-refractivity contribution is 0.431. The van der Waals surface area contributed by atoms with E-state index in [0.717, 1.165) is 23.3 Å². The monoisotopic (exact) mass is 371 g/mol. The Bertz CT molecular complexity index is 717. The zero-order chi connectivity index (χ0) is 18.4. The van der Waals surface area contributed by atoms with Crippen LogP contribution < -0.4 is 15.5 Å². The molecule has 2 N–H and O–H groups in total. The highest BCUT2D eigenvalue weighted by Gasteiger charge is 2.35. The van der Waals surface area contributed by atoms with Crippen molar-refractivity contribution in [3.63, 3.8) is 0 Å². The van der Waals surface area contributed by atoms with E-state index < -0.39 is 0 Å². The zero-order valence-electron chi connectivity index (χ0n) is 16.0. The predicted octanol–water partition coefficient (Wildman–Crippen LogP) is 3.39. The van der Waals surface area contributed by atoms with E-state index in [1.807, 2.05) is 26.0 Å². The average Bonchev–Trinajstić information content (AvgIpc) is 3.33.